The van der Waals surface area contributed by atoms with Gasteiger partial charge in [-0.3, -0.25) is 0 Å². The number of aryl methyl sites for hydroxylation is 3. The Morgan fingerprint density at radius 1 is 1.20 bits per heavy atom. The molecule has 0 radical (unpaired) electrons. The van der Waals surface area contributed by atoms with E-state index in [-0.39, 0.29) is 6.04 Å². The smallest absolute Gasteiger partial charge is 0.184 e. The molecule has 0 saturated heterocycles. The molecule has 0 amide bonds. The molecule has 1 unspecified atom stereocenters. The highest BCUT2D eigenvalue weighted by Crippen LogP contribution is 2.30. The van der Waals surface area contributed by atoms with Crippen LogP contribution in [0.3, 0.4) is 0 Å². The van der Waals surface area contributed by atoms with Crippen molar-refractivity contribution in [2.24, 2.45) is 0 Å². The molecule has 1 aromatic carbocycles. The van der Waals surface area contributed by atoms with Crippen LogP contribution in [0.1, 0.15) is 35.6 Å². The lowest BCUT2D eigenvalue weighted by Gasteiger charge is -2.11. The number of nitrogens with one attached hydrogen (secondary N) is 1. The van der Waals surface area contributed by atoms with Gasteiger partial charge < -0.3 is 9.73 Å². The average Bonchev–Trinajstić information content (AvgIpc) is 2.91. The lowest BCUT2D eigenvalue weighted by atomic mass is 10.1. The van der Waals surface area contributed by atoms with Crippen LogP contribution in [-0.4, -0.2) is 4.98 Å². The summed E-state index contributed by atoms with van der Waals surface area (Å²) in [4.78, 5) is 4.63. The fraction of sp³-hybridized carbons (Fsp3) is 0.312. The van der Waals surface area contributed by atoms with Gasteiger partial charge in [-0.1, -0.05) is 17.4 Å². The van der Waals surface area contributed by atoms with Crippen LogP contribution in [0.5, 0.6) is 0 Å². The molecule has 2 aromatic heterocycles. The molecule has 3 aromatic rings. The maximum atomic E-state index is 5.59. The number of benzene rings is 1. The topological polar surface area (TPSA) is 38.1 Å². The van der Waals surface area contributed by atoms with E-state index in [1.54, 1.807) is 11.3 Å². The fourth-order valence-corrected chi connectivity index (χ4v) is 3.49. The third-order valence-corrected chi connectivity index (χ3v) is 4.38. The molecule has 0 spiro atoms. The molecule has 0 aliphatic heterocycles. The van der Waals surface area contributed by atoms with Crippen LogP contribution in [0.25, 0.3) is 10.2 Å². The zero-order valence-corrected chi connectivity index (χ0v) is 13.0. The zero-order valence-electron chi connectivity index (χ0n) is 12.2. The maximum absolute atomic E-state index is 5.59. The van der Waals surface area contributed by atoms with E-state index in [2.05, 4.69) is 48.4 Å². The largest absolute Gasteiger partial charge is 0.466 e. The van der Waals surface area contributed by atoms with Crippen molar-refractivity contribution in [1.29, 1.82) is 0 Å². The van der Waals surface area contributed by atoms with Crippen molar-refractivity contribution >= 4 is 26.7 Å². The summed E-state index contributed by atoms with van der Waals surface area (Å²) < 4.78 is 6.81. The van der Waals surface area contributed by atoms with Crippen molar-refractivity contribution in [2.45, 2.75) is 33.7 Å². The fourth-order valence-electron chi connectivity index (χ4n) is 2.44. The zero-order chi connectivity index (χ0) is 14.3. The molecule has 1 atom stereocenters. The Hall–Kier alpha value is -1.81. The minimum absolute atomic E-state index is 0.189. The number of aromatic nitrogens is 1. The van der Waals surface area contributed by atoms with Gasteiger partial charge in [-0.05, 0) is 51.5 Å². The van der Waals surface area contributed by atoms with Gasteiger partial charge in [-0.2, -0.15) is 0 Å². The predicted octanol–water partition coefficient (Wildman–Crippen LogP) is 4.99. The first-order chi connectivity index (χ1) is 9.52. The van der Waals surface area contributed by atoms with Gasteiger partial charge in [0.1, 0.15) is 11.5 Å². The highest BCUT2D eigenvalue weighted by Gasteiger charge is 2.14. The van der Waals surface area contributed by atoms with Gasteiger partial charge in [-0.15, -0.1) is 0 Å². The van der Waals surface area contributed by atoms with E-state index in [4.69, 9.17) is 4.42 Å². The molecule has 4 heteroatoms. The highest BCUT2D eigenvalue weighted by molar-refractivity contribution is 7.22. The summed E-state index contributed by atoms with van der Waals surface area (Å²) in [5, 5.41) is 4.42. The van der Waals surface area contributed by atoms with Crippen LogP contribution < -0.4 is 5.32 Å². The van der Waals surface area contributed by atoms with Crippen LogP contribution in [0.4, 0.5) is 5.13 Å². The molecule has 2 heterocycles. The molecule has 0 bridgehead atoms. The number of furan rings is 1. The van der Waals surface area contributed by atoms with Crippen molar-refractivity contribution in [3.63, 3.8) is 0 Å². The van der Waals surface area contributed by atoms with E-state index >= 15 is 0 Å². The van der Waals surface area contributed by atoms with Crippen molar-refractivity contribution in [1.82, 2.24) is 4.98 Å². The van der Waals surface area contributed by atoms with Gasteiger partial charge >= 0.3 is 0 Å². The normalized spacial score (nSPS) is 12.8. The minimum Gasteiger partial charge on any atom is -0.466 e. The summed E-state index contributed by atoms with van der Waals surface area (Å²) >= 11 is 1.69. The highest BCUT2D eigenvalue weighted by atomic mass is 32.1. The summed E-state index contributed by atoms with van der Waals surface area (Å²) in [5.74, 6) is 1.92. The molecule has 0 fully saturated rings. The first-order valence-corrected chi connectivity index (χ1v) is 7.55. The van der Waals surface area contributed by atoms with Gasteiger partial charge in [0, 0.05) is 5.56 Å². The number of nitrogens with zero attached hydrogens (tertiary/aromatic N) is 1. The molecular formula is C16H18N2OS. The van der Waals surface area contributed by atoms with Gasteiger partial charge in [0.25, 0.3) is 0 Å². The predicted molar refractivity (Wildman–Crippen MR) is 84.6 cm³/mol. The lowest BCUT2D eigenvalue weighted by Crippen LogP contribution is -2.06. The number of hydrogen-bond acceptors (Lipinski definition) is 4. The van der Waals surface area contributed by atoms with Crippen molar-refractivity contribution in [3.05, 3.63) is 46.9 Å². The second kappa shape index (κ2) is 4.94. The van der Waals surface area contributed by atoms with Gasteiger partial charge in [0.15, 0.2) is 5.13 Å². The first kappa shape index (κ1) is 13.2. The van der Waals surface area contributed by atoms with E-state index in [1.807, 2.05) is 13.8 Å². The third-order valence-electron chi connectivity index (χ3n) is 3.43. The van der Waals surface area contributed by atoms with Gasteiger partial charge in [0.2, 0.25) is 0 Å². The van der Waals surface area contributed by atoms with E-state index in [0.717, 1.165) is 22.2 Å². The lowest BCUT2D eigenvalue weighted by molar-refractivity contribution is 0.500. The summed E-state index contributed by atoms with van der Waals surface area (Å²) in [7, 11) is 0. The van der Waals surface area contributed by atoms with Crippen molar-refractivity contribution in [2.75, 3.05) is 5.32 Å². The molecule has 104 valence electrons. The van der Waals surface area contributed by atoms with E-state index in [0.29, 0.717) is 0 Å². The van der Waals surface area contributed by atoms with Crippen molar-refractivity contribution < 1.29 is 4.42 Å². The standard InChI is InChI=1S/C16H18N2OS/c1-9-5-6-14-15(7-9)20-16(18-14)17-11(3)13-8-10(2)19-12(13)4/h5-8,11H,1-4H3,(H,17,18). The van der Waals surface area contributed by atoms with E-state index < -0.39 is 0 Å². The Morgan fingerprint density at radius 2 is 2.00 bits per heavy atom. The Kier molecular flexibility index (Phi) is 3.26. The molecule has 3 rings (SSSR count). The Labute approximate surface area is 122 Å². The van der Waals surface area contributed by atoms with Crippen LogP contribution in [0, 0.1) is 20.8 Å². The summed E-state index contributed by atoms with van der Waals surface area (Å²) in [6.45, 7) is 8.22. The molecular weight excluding hydrogens is 268 g/mol. The van der Waals surface area contributed by atoms with E-state index in [9.17, 15) is 0 Å². The Balaban J connectivity index is 1.87. The summed E-state index contributed by atoms with van der Waals surface area (Å²) in [5.41, 5.74) is 3.51. The van der Waals surface area contributed by atoms with Crippen molar-refractivity contribution in [3.8, 4) is 0 Å². The Morgan fingerprint density at radius 3 is 2.70 bits per heavy atom. The number of thiazole rings is 1. The van der Waals surface area contributed by atoms with Crippen LogP contribution in [0.2, 0.25) is 0 Å². The maximum Gasteiger partial charge on any atom is 0.184 e. The average molecular weight is 286 g/mol. The van der Waals surface area contributed by atoms with Gasteiger partial charge in [-0.25, -0.2) is 4.98 Å². The third kappa shape index (κ3) is 2.43. The summed E-state index contributed by atoms with van der Waals surface area (Å²) in [6.07, 6.45) is 0. The molecule has 0 saturated carbocycles. The quantitative estimate of drug-likeness (QED) is 0.737. The van der Waals surface area contributed by atoms with E-state index in [1.165, 1.54) is 15.8 Å². The van der Waals surface area contributed by atoms with Crippen LogP contribution in [0.15, 0.2) is 28.7 Å². The monoisotopic (exact) mass is 286 g/mol. The summed E-state index contributed by atoms with van der Waals surface area (Å²) in [6, 6.07) is 8.62. The number of rotatable bonds is 3. The number of hydrogen-bond donors (Lipinski definition) is 1. The van der Waals surface area contributed by atoms with Crippen LogP contribution >= 0.6 is 11.3 Å². The molecule has 0 aliphatic carbocycles. The number of fused-ring (bicyclic) bond motifs is 1. The first-order valence-electron chi connectivity index (χ1n) is 6.73. The number of anilines is 1. The minimum atomic E-state index is 0.189. The SMILES string of the molecule is Cc1ccc2nc(NC(C)c3cc(C)oc3C)sc2c1. The second-order valence-corrected chi connectivity index (χ2v) is 6.26. The molecule has 1 N–H and O–H groups in total. The Bertz CT molecular complexity index is 757. The van der Waals surface area contributed by atoms with Gasteiger partial charge in [0.05, 0.1) is 16.3 Å². The molecule has 20 heavy (non-hydrogen) atoms. The van der Waals surface area contributed by atoms with Crippen LogP contribution in [-0.2, 0) is 0 Å². The molecule has 3 nitrogen and oxygen atoms in total. The molecule has 0 aliphatic rings. The second-order valence-electron chi connectivity index (χ2n) is 5.22.